The molecule has 3 aromatic rings. The molecule has 0 spiro atoms. The van der Waals surface area contributed by atoms with Crippen molar-refractivity contribution in [2.24, 2.45) is 5.92 Å². The Morgan fingerprint density at radius 1 is 1.12 bits per heavy atom. The molecule has 0 aliphatic heterocycles. The fourth-order valence-electron chi connectivity index (χ4n) is 4.30. The Bertz CT molecular complexity index is 1130. The lowest BCUT2D eigenvalue weighted by molar-refractivity contribution is -0.140. The number of nitrogens with zero attached hydrogens (tertiary/aromatic N) is 3. The van der Waals surface area contributed by atoms with E-state index >= 15 is 0 Å². The first kappa shape index (κ1) is 23.5. The molecule has 1 heterocycles. The molecule has 0 unspecified atom stereocenters. The molecule has 7 nitrogen and oxygen atoms in total. The van der Waals surface area contributed by atoms with Gasteiger partial charge in [0.05, 0.1) is 25.0 Å². The van der Waals surface area contributed by atoms with E-state index in [0.29, 0.717) is 12.4 Å². The van der Waals surface area contributed by atoms with Gasteiger partial charge in [-0.2, -0.15) is 5.10 Å². The van der Waals surface area contributed by atoms with Gasteiger partial charge in [-0.1, -0.05) is 43.7 Å². The zero-order valence-corrected chi connectivity index (χ0v) is 20.1. The molecule has 0 bridgehead atoms. The number of carbonyl (C=O) groups is 2. The van der Waals surface area contributed by atoms with E-state index < -0.39 is 0 Å². The molecule has 1 aliphatic carbocycles. The van der Waals surface area contributed by atoms with Crippen LogP contribution in [0.2, 0.25) is 0 Å². The number of aryl methyl sites for hydroxylation is 1. The molecule has 178 valence electrons. The third kappa shape index (κ3) is 4.98. The molecule has 34 heavy (non-hydrogen) atoms. The Hall–Kier alpha value is -3.61. The third-order valence-corrected chi connectivity index (χ3v) is 6.29. The van der Waals surface area contributed by atoms with Crippen LogP contribution in [-0.4, -0.2) is 46.7 Å². The minimum atomic E-state index is -0.229. The fraction of sp³-hybridized carbons (Fsp3) is 0.370. The highest BCUT2D eigenvalue weighted by Gasteiger charge is 2.30. The van der Waals surface area contributed by atoms with Gasteiger partial charge in [0.25, 0.3) is 0 Å². The number of ether oxygens (including phenoxy) is 1. The van der Waals surface area contributed by atoms with E-state index in [4.69, 9.17) is 9.84 Å². The van der Waals surface area contributed by atoms with Gasteiger partial charge in [0, 0.05) is 18.0 Å². The average molecular weight is 461 g/mol. The van der Waals surface area contributed by atoms with Crippen LogP contribution in [0.25, 0.3) is 16.8 Å². The van der Waals surface area contributed by atoms with Crippen molar-refractivity contribution in [1.29, 1.82) is 0 Å². The van der Waals surface area contributed by atoms with Crippen molar-refractivity contribution in [1.82, 2.24) is 14.7 Å². The van der Waals surface area contributed by atoms with Crippen molar-refractivity contribution in [3.8, 4) is 22.6 Å². The van der Waals surface area contributed by atoms with Crippen LogP contribution in [0.15, 0.2) is 54.6 Å². The molecule has 1 aliphatic rings. The van der Waals surface area contributed by atoms with Crippen LogP contribution in [-0.2, 0) is 9.59 Å². The van der Waals surface area contributed by atoms with Gasteiger partial charge in [0.1, 0.15) is 11.6 Å². The number of aromatic nitrogens is 2. The molecule has 0 radical (unpaired) electrons. The quantitative estimate of drug-likeness (QED) is 0.496. The van der Waals surface area contributed by atoms with Gasteiger partial charge in [-0.3, -0.25) is 9.59 Å². The van der Waals surface area contributed by atoms with Gasteiger partial charge in [0.15, 0.2) is 0 Å². The summed E-state index contributed by atoms with van der Waals surface area (Å²) >= 11 is 0. The monoisotopic (exact) mass is 460 g/mol. The van der Waals surface area contributed by atoms with E-state index in [-0.39, 0.29) is 24.3 Å². The summed E-state index contributed by atoms with van der Waals surface area (Å²) in [5.41, 5.74) is 3.42. The summed E-state index contributed by atoms with van der Waals surface area (Å²) in [6.07, 6.45) is 3.73. The molecular formula is C27H32N4O3. The molecule has 1 fully saturated rings. The zero-order chi connectivity index (χ0) is 24.1. The second-order valence-corrected chi connectivity index (χ2v) is 8.72. The predicted octanol–water partition coefficient (Wildman–Crippen LogP) is 4.83. The third-order valence-electron chi connectivity index (χ3n) is 6.29. The molecule has 1 aromatic heterocycles. The molecule has 1 saturated carbocycles. The van der Waals surface area contributed by atoms with E-state index in [2.05, 4.69) is 5.32 Å². The Kier molecular flexibility index (Phi) is 7.30. The Morgan fingerprint density at radius 2 is 1.82 bits per heavy atom. The molecule has 1 N–H and O–H groups in total. The first-order valence-electron chi connectivity index (χ1n) is 11.9. The molecule has 7 heteroatoms. The number of hydrogen-bond donors (Lipinski definition) is 1. The van der Waals surface area contributed by atoms with Crippen LogP contribution in [0.4, 0.5) is 5.82 Å². The normalized spacial score (nSPS) is 13.3. The molecule has 2 amide bonds. The number of hydrogen-bond acceptors (Lipinski definition) is 4. The lowest BCUT2D eigenvalue weighted by Crippen LogP contribution is -2.43. The first-order valence-corrected chi connectivity index (χ1v) is 11.9. The maximum Gasteiger partial charge on any atom is 0.245 e. The van der Waals surface area contributed by atoms with Crippen LogP contribution in [0.1, 0.15) is 38.3 Å². The largest absolute Gasteiger partial charge is 0.497 e. The SMILES string of the molecule is CCCN(CC(=O)Nc1c(-c2ccccc2)c(C)nn1-c1ccc(OC)cc1)C(=O)C1CCC1. The standard InChI is InChI=1S/C27H32N4O3/c1-4-17-30(27(33)21-11-8-12-21)18-24(32)28-26-25(20-9-6-5-7-10-20)19(2)29-31(26)22-13-15-23(34-3)16-14-22/h5-7,9-10,13-16,21H,4,8,11-12,17-18H2,1-3H3,(H,28,32). The van der Waals surface area contributed by atoms with Gasteiger partial charge >= 0.3 is 0 Å². The minimum Gasteiger partial charge on any atom is -0.497 e. The number of rotatable bonds is 9. The Morgan fingerprint density at radius 3 is 2.41 bits per heavy atom. The number of benzene rings is 2. The second kappa shape index (κ2) is 10.5. The predicted molar refractivity (Wildman–Crippen MR) is 133 cm³/mol. The summed E-state index contributed by atoms with van der Waals surface area (Å²) in [5.74, 6) is 1.25. The fourth-order valence-corrected chi connectivity index (χ4v) is 4.30. The molecule has 2 aromatic carbocycles. The number of methoxy groups -OCH3 is 1. The van der Waals surface area contributed by atoms with Crippen LogP contribution in [0, 0.1) is 12.8 Å². The summed E-state index contributed by atoms with van der Waals surface area (Å²) in [6, 6.07) is 17.4. The Balaban J connectivity index is 1.66. The van der Waals surface area contributed by atoms with Gasteiger partial charge in [0.2, 0.25) is 11.8 Å². The molecule has 0 atom stereocenters. The minimum absolute atomic E-state index is 0.0320. The van der Waals surface area contributed by atoms with Crippen LogP contribution >= 0.6 is 0 Å². The van der Waals surface area contributed by atoms with Crippen molar-refractivity contribution >= 4 is 17.6 Å². The number of nitrogens with one attached hydrogen (secondary N) is 1. The van der Waals surface area contributed by atoms with Crippen molar-refractivity contribution in [3.63, 3.8) is 0 Å². The number of amides is 2. The highest BCUT2D eigenvalue weighted by Crippen LogP contribution is 2.34. The highest BCUT2D eigenvalue weighted by atomic mass is 16.5. The van der Waals surface area contributed by atoms with Gasteiger partial charge < -0.3 is 15.0 Å². The van der Waals surface area contributed by atoms with Gasteiger partial charge in [-0.15, -0.1) is 0 Å². The average Bonchev–Trinajstić information content (AvgIpc) is 3.13. The smallest absolute Gasteiger partial charge is 0.245 e. The lowest BCUT2D eigenvalue weighted by Gasteiger charge is -2.31. The van der Waals surface area contributed by atoms with E-state index in [0.717, 1.165) is 53.9 Å². The maximum atomic E-state index is 13.2. The number of carbonyl (C=O) groups excluding carboxylic acids is 2. The summed E-state index contributed by atoms with van der Waals surface area (Å²) in [5, 5.41) is 7.83. The van der Waals surface area contributed by atoms with Crippen molar-refractivity contribution in [2.75, 3.05) is 25.5 Å². The lowest BCUT2D eigenvalue weighted by atomic mass is 9.84. The first-order chi connectivity index (χ1) is 16.5. The topological polar surface area (TPSA) is 76.5 Å². The summed E-state index contributed by atoms with van der Waals surface area (Å²) in [7, 11) is 1.62. The van der Waals surface area contributed by atoms with Crippen LogP contribution in [0.5, 0.6) is 5.75 Å². The number of anilines is 1. The molecular weight excluding hydrogens is 428 g/mol. The van der Waals surface area contributed by atoms with Gasteiger partial charge in [-0.25, -0.2) is 4.68 Å². The second-order valence-electron chi connectivity index (χ2n) is 8.72. The van der Waals surface area contributed by atoms with E-state index in [1.807, 2.05) is 68.4 Å². The van der Waals surface area contributed by atoms with E-state index in [9.17, 15) is 9.59 Å². The molecule has 4 rings (SSSR count). The van der Waals surface area contributed by atoms with Crippen molar-refractivity contribution < 1.29 is 14.3 Å². The van der Waals surface area contributed by atoms with E-state index in [1.165, 1.54) is 0 Å². The summed E-state index contributed by atoms with van der Waals surface area (Å²) in [4.78, 5) is 27.8. The van der Waals surface area contributed by atoms with Crippen molar-refractivity contribution in [2.45, 2.75) is 39.5 Å². The maximum absolute atomic E-state index is 13.2. The Labute approximate surface area is 200 Å². The zero-order valence-electron chi connectivity index (χ0n) is 20.1. The van der Waals surface area contributed by atoms with Gasteiger partial charge in [-0.05, 0) is 56.0 Å². The summed E-state index contributed by atoms with van der Waals surface area (Å²) in [6.45, 7) is 4.56. The van der Waals surface area contributed by atoms with Crippen LogP contribution in [0.3, 0.4) is 0 Å². The van der Waals surface area contributed by atoms with Crippen molar-refractivity contribution in [3.05, 3.63) is 60.3 Å². The van der Waals surface area contributed by atoms with Crippen LogP contribution < -0.4 is 10.1 Å². The van der Waals surface area contributed by atoms with E-state index in [1.54, 1.807) is 16.7 Å². The molecule has 0 saturated heterocycles. The highest BCUT2D eigenvalue weighted by molar-refractivity contribution is 5.98. The summed E-state index contributed by atoms with van der Waals surface area (Å²) < 4.78 is 7.03.